The van der Waals surface area contributed by atoms with E-state index in [1.807, 2.05) is 55.5 Å². The zero-order valence-electron chi connectivity index (χ0n) is 23.7. The highest BCUT2D eigenvalue weighted by Crippen LogP contribution is 2.15. The smallest absolute Gasteiger partial charge is 0.251 e. The lowest BCUT2D eigenvalue weighted by Crippen LogP contribution is -2.33. The number of nitrogens with one attached hydrogen (secondary N) is 4. The Morgan fingerprint density at radius 2 is 1.19 bits per heavy atom. The van der Waals surface area contributed by atoms with E-state index in [1.165, 1.54) is 6.08 Å². The van der Waals surface area contributed by atoms with Gasteiger partial charge in [-0.3, -0.25) is 19.2 Å². The molecule has 0 saturated carbocycles. The predicted molar refractivity (Wildman–Crippen MR) is 169 cm³/mol. The summed E-state index contributed by atoms with van der Waals surface area (Å²) < 4.78 is 0. The Kier molecular flexibility index (Phi) is 11.3. The number of rotatable bonds is 12. The maximum absolute atomic E-state index is 12.3. The zero-order chi connectivity index (χ0) is 30.5. The van der Waals surface area contributed by atoms with E-state index in [-0.39, 0.29) is 30.8 Å². The first-order valence-corrected chi connectivity index (χ1v) is 13.3. The van der Waals surface area contributed by atoms with E-state index in [1.54, 1.807) is 49.4 Å². The van der Waals surface area contributed by atoms with Gasteiger partial charge in [0, 0.05) is 22.5 Å². The minimum Gasteiger partial charge on any atom is -0.343 e. The largest absolute Gasteiger partial charge is 0.343 e. The molecule has 0 saturated heterocycles. The van der Waals surface area contributed by atoms with Crippen LogP contribution in [0, 0.1) is 6.92 Å². The third-order valence-electron chi connectivity index (χ3n) is 6.25. The van der Waals surface area contributed by atoms with Gasteiger partial charge in [-0.15, -0.1) is 0 Å². The van der Waals surface area contributed by atoms with Crippen LogP contribution in [0.15, 0.2) is 109 Å². The first kappa shape index (κ1) is 31.0. The second-order valence-electron chi connectivity index (χ2n) is 9.36. The van der Waals surface area contributed by atoms with Gasteiger partial charge in [-0.05, 0) is 66.4 Å². The lowest BCUT2D eigenvalue weighted by molar-refractivity contribution is -0.121. The van der Waals surface area contributed by atoms with Crippen molar-refractivity contribution in [1.82, 2.24) is 10.6 Å². The second kappa shape index (κ2) is 15.3. The van der Waals surface area contributed by atoms with E-state index >= 15 is 0 Å². The van der Waals surface area contributed by atoms with E-state index in [0.29, 0.717) is 28.1 Å². The maximum Gasteiger partial charge on any atom is 0.251 e. The molecule has 42 heavy (non-hydrogen) atoms. The molecule has 0 fully saturated rings. The van der Waals surface area contributed by atoms with Crippen molar-refractivity contribution in [2.75, 3.05) is 23.7 Å². The molecule has 0 bridgehead atoms. The Morgan fingerprint density at radius 1 is 0.690 bits per heavy atom. The molecule has 0 aliphatic rings. The van der Waals surface area contributed by atoms with Gasteiger partial charge in [0.05, 0.1) is 13.1 Å². The van der Waals surface area contributed by atoms with Crippen molar-refractivity contribution in [3.8, 4) is 0 Å². The Bertz CT molecular complexity index is 1530. The van der Waals surface area contributed by atoms with Gasteiger partial charge in [0.25, 0.3) is 11.8 Å². The highest BCUT2D eigenvalue weighted by Gasteiger charge is 2.11. The maximum atomic E-state index is 12.3. The van der Waals surface area contributed by atoms with Crippen LogP contribution < -0.4 is 21.3 Å². The first-order valence-electron chi connectivity index (χ1n) is 13.3. The van der Waals surface area contributed by atoms with Crippen molar-refractivity contribution < 1.29 is 19.2 Å². The average molecular weight is 563 g/mol. The fourth-order valence-corrected chi connectivity index (χ4v) is 3.84. The molecule has 3 rings (SSSR count). The number of amides is 4. The normalized spacial score (nSPS) is 11.2. The number of hydrogen-bond donors (Lipinski definition) is 4. The van der Waals surface area contributed by atoms with Crippen molar-refractivity contribution >= 4 is 47.2 Å². The molecule has 0 unspecified atom stereocenters. The highest BCUT2D eigenvalue weighted by molar-refractivity contribution is 6.01. The molecule has 3 aromatic carbocycles. The molecule has 214 valence electrons. The van der Waals surface area contributed by atoms with Gasteiger partial charge in [0.15, 0.2) is 0 Å². The van der Waals surface area contributed by atoms with Crippen LogP contribution in [0.3, 0.4) is 0 Å². The van der Waals surface area contributed by atoms with Crippen LogP contribution in [0.5, 0.6) is 0 Å². The summed E-state index contributed by atoms with van der Waals surface area (Å²) in [5, 5.41) is 10.7. The summed E-state index contributed by atoms with van der Waals surface area (Å²) in [5.41, 5.74) is 5.48. The Hall–Kier alpha value is -5.50. The number of benzene rings is 3. The van der Waals surface area contributed by atoms with Crippen LogP contribution in [0.25, 0.3) is 12.2 Å². The Morgan fingerprint density at radius 3 is 1.67 bits per heavy atom. The van der Waals surface area contributed by atoms with E-state index in [0.717, 1.165) is 16.7 Å². The number of hydrogen-bond acceptors (Lipinski definition) is 4. The summed E-state index contributed by atoms with van der Waals surface area (Å²) >= 11 is 0. The SMILES string of the molecule is C=C/C(C)=C(\C=C)C(=O)NCC(=O)Nc1ccc(/C=C/c2ccc(NC(=O)CNC(=O)c3ccccc3C)cc2)cc1. The van der Waals surface area contributed by atoms with E-state index in [4.69, 9.17) is 0 Å². The number of allylic oxidation sites excluding steroid dienone is 2. The molecular formula is C34H34N4O4. The fourth-order valence-electron chi connectivity index (χ4n) is 3.84. The van der Waals surface area contributed by atoms with Crippen molar-refractivity contribution in [3.05, 3.63) is 132 Å². The van der Waals surface area contributed by atoms with Crippen LogP contribution in [0.2, 0.25) is 0 Å². The molecule has 0 atom stereocenters. The molecule has 0 aliphatic heterocycles. The minimum atomic E-state index is -0.393. The minimum absolute atomic E-state index is 0.136. The van der Waals surface area contributed by atoms with Crippen molar-refractivity contribution in [3.63, 3.8) is 0 Å². The van der Waals surface area contributed by atoms with Crippen molar-refractivity contribution in [2.24, 2.45) is 0 Å². The number of carbonyl (C=O) groups is 4. The van der Waals surface area contributed by atoms with E-state index in [2.05, 4.69) is 34.4 Å². The Labute approximate surface area is 245 Å². The average Bonchev–Trinajstić information content (AvgIpc) is 2.99. The second-order valence-corrected chi connectivity index (χ2v) is 9.36. The summed E-state index contributed by atoms with van der Waals surface area (Å²) in [7, 11) is 0. The van der Waals surface area contributed by atoms with Crippen LogP contribution in [-0.4, -0.2) is 36.7 Å². The third-order valence-corrected chi connectivity index (χ3v) is 6.25. The summed E-state index contributed by atoms with van der Waals surface area (Å²) in [6.07, 6.45) is 6.83. The quantitative estimate of drug-likeness (QED) is 0.137. The van der Waals surface area contributed by atoms with E-state index in [9.17, 15) is 19.2 Å². The van der Waals surface area contributed by atoms with Crippen LogP contribution in [0.4, 0.5) is 11.4 Å². The van der Waals surface area contributed by atoms with Crippen LogP contribution in [0.1, 0.15) is 34.0 Å². The number of carbonyl (C=O) groups excluding carboxylic acids is 4. The lowest BCUT2D eigenvalue weighted by Gasteiger charge is -2.09. The van der Waals surface area contributed by atoms with Gasteiger partial charge in [-0.25, -0.2) is 0 Å². The molecule has 8 heteroatoms. The summed E-state index contributed by atoms with van der Waals surface area (Å²) in [4.78, 5) is 49.0. The van der Waals surface area contributed by atoms with Gasteiger partial charge in [0.1, 0.15) is 0 Å². The van der Waals surface area contributed by atoms with Gasteiger partial charge < -0.3 is 21.3 Å². The lowest BCUT2D eigenvalue weighted by atomic mass is 10.1. The van der Waals surface area contributed by atoms with Gasteiger partial charge in [0.2, 0.25) is 11.8 Å². The van der Waals surface area contributed by atoms with Gasteiger partial charge in [-0.1, -0.05) is 79.9 Å². The molecule has 0 radical (unpaired) electrons. The van der Waals surface area contributed by atoms with E-state index < -0.39 is 5.91 Å². The molecule has 3 aromatic rings. The summed E-state index contributed by atoms with van der Waals surface area (Å²) in [6.45, 7) is 10.5. The standard InChI is InChI=1S/C34H34N4O4/c1-5-23(3)29(6-2)33(41)35-21-31(39)37-27-17-13-25(14-18-27)11-12-26-15-19-28(20-16-26)38-32(40)22-36-34(42)30-10-8-7-9-24(30)4/h5-20H,1-2,21-22H2,3-4H3,(H,35,41)(H,36,42)(H,37,39)(H,38,40)/b12-11+,29-23+. The van der Waals surface area contributed by atoms with Crippen LogP contribution in [-0.2, 0) is 14.4 Å². The van der Waals surface area contributed by atoms with Crippen molar-refractivity contribution in [2.45, 2.75) is 13.8 Å². The summed E-state index contributed by atoms with van der Waals surface area (Å²) in [6, 6.07) is 21.7. The van der Waals surface area contributed by atoms with Crippen LogP contribution >= 0.6 is 0 Å². The van der Waals surface area contributed by atoms with Gasteiger partial charge >= 0.3 is 0 Å². The highest BCUT2D eigenvalue weighted by atomic mass is 16.2. The fraction of sp³-hybridized carbons (Fsp3) is 0.118. The molecule has 0 aromatic heterocycles. The number of anilines is 2. The molecular weight excluding hydrogens is 528 g/mol. The molecule has 4 amide bonds. The first-order chi connectivity index (χ1) is 20.2. The molecule has 8 nitrogen and oxygen atoms in total. The van der Waals surface area contributed by atoms with Gasteiger partial charge in [-0.2, -0.15) is 0 Å². The molecule has 0 aliphatic carbocycles. The summed E-state index contributed by atoms with van der Waals surface area (Å²) in [5.74, 6) is -1.36. The third kappa shape index (κ3) is 9.31. The predicted octanol–water partition coefficient (Wildman–Crippen LogP) is 5.28. The zero-order valence-corrected chi connectivity index (χ0v) is 23.7. The molecule has 0 spiro atoms. The van der Waals surface area contributed by atoms with Crippen molar-refractivity contribution in [1.29, 1.82) is 0 Å². The topological polar surface area (TPSA) is 116 Å². The molecule has 4 N–H and O–H groups in total. The Balaban J connectivity index is 1.45. The molecule has 0 heterocycles. The monoisotopic (exact) mass is 562 g/mol. The number of aryl methyl sites for hydroxylation is 1.